The molecule has 0 unspecified atom stereocenters. The highest BCUT2D eigenvalue weighted by Gasteiger charge is 2.55. The Labute approximate surface area is 146 Å². The van der Waals surface area contributed by atoms with Crippen LogP contribution in [0.4, 0.5) is 0 Å². The zero-order chi connectivity index (χ0) is 18.4. The molecule has 0 N–H and O–H groups in total. The summed E-state index contributed by atoms with van der Waals surface area (Å²) in [6.45, 7) is 3.30. The predicted octanol–water partition coefficient (Wildman–Crippen LogP) is 0.00590. The van der Waals surface area contributed by atoms with Crippen LogP contribution in [0, 0.1) is 0 Å². The number of hydrogen-bond donors (Lipinski definition) is 0. The van der Waals surface area contributed by atoms with E-state index in [1.54, 1.807) is 0 Å². The van der Waals surface area contributed by atoms with Crippen molar-refractivity contribution in [2.24, 2.45) is 0 Å². The van der Waals surface area contributed by atoms with Crippen molar-refractivity contribution < 1.29 is 46.7 Å². The molecule has 11 heteroatoms. The first kappa shape index (κ1) is 20.3. The standard InChI is InChI=1S/C13H17BrO10/c1-5(15)20-8-9(21-6(2)16)11(22-7(3)17)13(24-14)23-10(8)12(18)19-4/h8-11,13H,1-4H3/t8-,9-,10-,11+,13-/m0/s1. The fourth-order valence-corrected chi connectivity index (χ4v) is 2.45. The Hall–Kier alpha value is -1.72. The molecule has 24 heavy (non-hydrogen) atoms. The molecule has 0 saturated carbocycles. The Morgan fingerprint density at radius 1 is 0.833 bits per heavy atom. The maximum absolute atomic E-state index is 11.9. The van der Waals surface area contributed by atoms with Crippen LogP contribution in [-0.2, 0) is 46.7 Å². The highest BCUT2D eigenvalue weighted by Crippen LogP contribution is 2.30. The number of halogens is 1. The molecule has 0 aromatic heterocycles. The normalized spacial score (nSPS) is 29.3. The molecule has 1 aliphatic rings. The smallest absolute Gasteiger partial charge is 0.339 e. The molecule has 0 amide bonds. The minimum Gasteiger partial charge on any atom is -0.467 e. The third kappa shape index (κ3) is 5.14. The van der Waals surface area contributed by atoms with E-state index in [0.717, 1.165) is 27.9 Å². The van der Waals surface area contributed by atoms with Crippen molar-refractivity contribution >= 4 is 40.1 Å². The molecule has 1 heterocycles. The van der Waals surface area contributed by atoms with Gasteiger partial charge in [-0.1, -0.05) is 0 Å². The topological polar surface area (TPSA) is 124 Å². The quantitative estimate of drug-likeness (QED) is 0.450. The second kappa shape index (κ2) is 8.94. The lowest BCUT2D eigenvalue weighted by Gasteiger charge is -2.42. The van der Waals surface area contributed by atoms with E-state index in [9.17, 15) is 19.2 Å². The Balaban J connectivity index is 3.28. The van der Waals surface area contributed by atoms with Crippen LogP contribution in [0.2, 0.25) is 0 Å². The molecule has 0 aromatic carbocycles. The summed E-state index contributed by atoms with van der Waals surface area (Å²) in [5.41, 5.74) is 0. The van der Waals surface area contributed by atoms with Crippen LogP contribution in [0.3, 0.4) is 0 Å². The first-order chi connectivity index (χ1) is 11.2. The summed E-state index contributed by atoms with van der Waals surface area (Å²) >= 11 is 2.69. The Morgan fingerprint density at radius 2 is 1.29 bits per heavy atom. The summed E-state index contributed by atoms with van der Waals surface area (Å²) in [4.78, 5) is 46.0. The van der Waals surface area contributed by atoms with Crippen LogP contribution >= 0.6 is 16.3 Å². The van der Waals surface area contributed by atoms with Crippen molar-refractivity contribution in [3.05, 3.63) is 0 Å². The molecular formula is C13H17BrO10. The van der Waals surface area contributed by atoms with Gasteiger partial charge in [0.25, 0.3) is 0 Å². The van der Waals surface area contributed by atoms with Gasteiger partial charge in [0, 0.05) is 20.8 Å². The van der Waals surface area contributed by atoms with E-state index in [1.807, 2.05) is 0 Å². The third-order valence-electron chi connectivity index (χ3n) is 2.92. The maximum atomic E-state index is 11.9. The molecule has 136 valence electrons. The zero-order valence-electron chi connectivity index (χ0n) is 13.3. The average Bonchev–Trinajstić information content (AvgIpc) is 2.48. The molecule has 5 atom stereocenters. The predicted molar refractivity (Wildman–Crippen MR) is 77.4 cm³/mol. The van der Waals surface area contributed by atoms with Gasteiger partial charge in [0.05, 0.1) is 7.11 Å². The van der Waals surface area contributed by atoms with Crippen LogP contribution in [0.1, 0.15) is 20.8 Å². The number of esters is 4. The second-order valence-corrected chi connectivity index (χ2v) is 5.13. The first-order valence-electron chi connectivity index (χ1n) is 6.73. The summed E-state index contributed by atoms with van der Waals surface area (Å²) in [7, 11) is 1.10. The molecular weight excluding hydrogens is 396 g/mol. The number of ether oxygens (including phenoxy) is 5. The van der Waals surface area contributed by atoms with Crippen LogP contribution in [0.25, 0.3) is 0 Å². The van der Waals surface area contributed by atoms with Crippen molar-refractivity contribution in [3.63, 3.8) is 0 Å². The number of carbonyl (C=O) groups is 4. The summed E-state index contributed by atoms with van der Waals surface area (Å²) in [6, 6.07) is 0. The molecule has 1 rings (SSSR count). The molecule has 10 nitrogen and oxygen atoms in total. The summed E-state index contributed by atoms with van der Waals surface area (Å²) in [5, 5.41) is 0. The monoisotopic (exact) mass is 412 g/mol. The molecule has 0 aromatic rings. The van der Waals surface area contributed by atoms with E-state index in [-0.39, 0.29) is 0 Å². The van der Waals surface area contributed by atoms with Crippen molar-refractivity contribution in [2.75, 3.05) is 7.11 Å². The first-order valence-corrected chi connectivity index (χ1v) is 7.38. The average molecular weight is 413 g/mol. The van der Waals surface area contributed by atoms with Crippen LogP contribution < -0.4 is 0 Å². The van der Waals surface area contributed by atoms with Gasteiger partial charge in [0.15, 0.2) is 24.4 Å². The lowest BCUT2D eigenvalue weighted by molar-refractivity contribution is -0.278. The van der Waals surface area contributed by atoms with Gasteiger partial charge in [-0.3, -0.25) is 18.2 Å². The van der Waals surface area contributed by atoms with Crippen LogP contribution in [0.5, 0.6) is 0 Å². The zero-order valence-corrected chi connectivity index (χ0v) is 14.9. The van der Waals surface area contributed by atoms with E-state index in [0.29, 0.717) is 0 Å². The number of hydrogen-bond acceptors (Lipinski definition) is 10. The fourth-order valence-electron chi connectivity index (χ4n) is 2.15. The number of carbonyl (C=O) groups excluding carboxylic acids is 4. The molecule has 0 spiro atoms. The van der Waals surface area contributed by atoms with Gasteiger partial charge in [-0.2, -0.15) is 0 Å². The maximum Gasteiger partial charge on any atom is 0.339 e. The largest absolute Gasteiger partial charge is 0.467 e. The van der Waals surface area contributed by atoms with E-state index in [1.165, 1.54) is 0 Å². The Bertz CT molecular complexity index is 507. The Morgan fingerprint density at radius 3 is 1.71 bits per heavy atom. The van der Waals surface area contributed by atoms with E-state index in [2.05, 4.69) is 21.0 Å². The minimum atomic E-state index is -1.46. The van der Waals surface area contributed by atoms with Gasteiger partial charge in [-0.25, -0.2) is 4.79 Å². The molecule has 0 bridgehead atoms. The SMILES string of the molecule is COC(=O)[C@H]1O[C@@H](OBr)[C@H](OC(C)=O)[C@@H](OC(C)=O)[C@@H]1OC(C)=O. The van der Waals surface area contributed by atoms with Gasteiger partial charge in [0.2, 0.25) is 6.29 Å². The molecule has 0 radical (unpaired) electrons. The van der Waals surface area contributed by atoms with Crippen molar-refractivity contribution in [3.8, 4) is 0 Å². The second-order valence-electron chi connectivity index (χ2n) is 4.76. The lowest BCUT2D eigenvalue weighted by Crippen LogP contribution is -2.63. The van der Waals surface area contributed by atoms with Crippen LogP contribution in [0.15, 0.2) is 0 Å². The number of rotatable bonds is 5. The third-order valence-corrected chi connectivity index (χ3v) is 3.29. The van der Waals surface area contributed by atoms with Crippen LogP contribution in [-0.4, -0.2) is 61.7 Å². The van der Waals surface area contributed by atoms with E-state index in [4.69, 9.17) is 22.8 Å². The van der Waals surface area contributed by atoms with Gasteiger partial charge in [0.1, 0.15) is 16.3 Å². The fraction of sp³-hybridized carbons (Fsp3) is 0.692. The van der Waals surface area contributed by atoms with Crippen molar-refractivity contribution in [1.82, 2.24) is 0 Å². The molecule has 1 saturated heterocycles. The Kier molecular flexibility index (Phi) is 7.58. The molecule has 1 fully saturated rings. The molecule has 1 aliphatic heterocycles. The summed E-state index contributed by atoms with van der Waals surface area (Å²) in [6.07, 6.45) is -6.83. The van der Waals surface area contributed by atoms with Gasteiger partial charge in [-0.15, -0.1) is 0 Å². The number of methoxy groups -OCH3 is 1. The summed E-state index contributed by atoms with van der Waals surface area (Å²) in [5.74, 6) is -3.15. The highest BCUT2D eigenvalue weighted by atomic mass is 79.9. The summed E-state index contributed by atoms with van der Waals surface area (Å²) < 4.78 is 30.0. The van der Waals surface area contributed by atoms with Gasteiger partial charge >= 0.3 is 23.9 Å². The van der Waals surface area contributed by atoms with Crippen molar-refractivity contribution in [1.29, 1.82) is 0 Å². The van der Waals surface area contributed by atoms with E-state index >= 15 is 0 Å². The van der Waals surface area contributed by atoms with Crippen molar-refractivity contribution in [2.45, 2.75) is 51.5 Å². The highest BCUT2D eigenvalue weighted by molar-refractivity contribution is 9.06. The lowest BCUT2D eigenvalue weighted by atomic mass is 9.98. The minimum absolute atomic E-state index is 0.728. The molecule has 0 aliphatic carbocycles. The van der Waals surface area contributed by atoms with E-state index < -0.39 is 54.6 Å². The van der Waals surface area contributed by atoms with Gasteiger partial charge in [-0.05, 0) is 0 Å². The van der Waals surface area contributed by atoms with Gasteiger partial charge < -0.3 is 23.7 Å².